The van der Waals surface area contributed by atoms with Crippen LogP contribution in [0.2, 0.25) is 0 Å². The monoisotopic (exact) mass is 348 g/mol. The number of ether oxygens (including phenoxy) is 1. The molecule has 134 valence electrons. The Balaban J connectivity index is 2.26. The molecule has 0 fully saturated rings. The van der Waals surface area contributed by atoms with Gasteiger partial charge in [-0.3, -0.25) is 4.79 Å². The minimum absolute atomic E-state index is 0.0869. The van der Waals surface area contributed by atoms with Gasteiger partial charge in [-0.15, -0.1) is 0 Å². The Labute approximate surface area is 155 Å². The zero-order valence-electron chi connectivity index (χ0n) is 15.7. The van der Waals surface area contributed by atoms with Crippen molar-refractivity contribution in [1.82, 2.24) is 5.32 Å². The topological polar surface area (TPSA) is 62.1 Å². The number of nitrogens with zero attached hydrogens (tertiary/aromatic N) is 1. The molecule has 0 spiro atoms. The molecule has 4 heteroatoms. The fourth-order valence-electron chi connectivity index (χ4n) is 2.68. The molecule has 2 aromatic carbocycles. The third-order valence-corrected chi connectivity index (χ3v) is 4.20. The minimum atomic E-state index is -0.377. The first-order valence-corrected chi connectivity index (χ1v) is 8.58. The van der Waals surface area contributed by atoms with Gasteiger partial charge in [0.2, 0.25) is 0 Å². The predicted octanol–water partition coefficient (Wildman–Crippen LogP) is 4.35. The first kappa shape index (κ1) is 19.3. The van der Waals surface area contributed by atoms with Crippen molar-refractivity contribution >= 4 is 12.0 Å². The van der Waals surface area contributed by atoms with Gasteiger partial charge in [-0.2, -0.15) is 5.26 Å². The molecule has 0 unspecified atom stereocenters. The van der Waals surface area contributed by atoms with E-state index in [-0.39, 0.29) is 17.4 Å². The van der Waals surface area contributed by atoms with E-state index in [1.165, 1.54) is 0 Å². The lowest BCUT2D eigenvalue weighted by atomic mass is 9.95. The summed E-state index contributed by atoms with van der Waals surface area (Å²) in [5, 5.41) is 12.2. The normalized spacial score (nSPS) is 11.2. The smallest absolute Gasteiger partial charge is 0.262 e. The number of nitriles is 1. The fourth-order valence-corrected chi connectivity index (χ4v) is 2.68. The number of hydrogen-bond acceptors (Lipinski definition) is 3. The second-order valence-corrected chi connectivity index (χ2v) is 6.44. The summed E-state index contributed by atoms with van der Waals surface area (Å²) in [6.07, 6.45) is 1.64. The number of carbonyl (C=O) groups excluding carboxylic acids is 1. The zero-order chi connectivity index (χ0) is 19.1. The summed E-state index contributed by atoms with van der Waals surface area (Å²) in [6, 6.07) is 15.5. The van der Waals surface area contributed by atoms with Crippen LogP contribution in [0.5, 0.6) is 5.75 Å². The number of nitrogens with one attached hydrogen (secondary N) is 1. The summed E-state index contributed by atoms with van der Waals surface area (Å²) in [6.45, 7) is 6.49. The van der Waals surface area contributed by atoms with Gasteiger partial charge in [0.15, 0.2) is 0 Å². The summed E-state index contributed by atoms with van der Waals surface area (Å²) in [5.41, 5.74) is 3.92. The van der Waals surface area contributed by atoms with E-state index in [0.717, 1.165) is 28.0 Å². The van der Waals surface area contributed by atoms with Crippen LogP contribution < -0.4 is 10.1 Å². The lowest BCUT2D eigenvalue weighted by Crippen LogP contribution is -2.23. The molecule has 0 saturated carbocycles. The molecule has 0 aliphatic carbocycles. The van der Waals surface area contributed by atoms with Gasteiger partial charge in [0.1, 0.15) is 17.4 Å². The molecule has 1 amide bonds. The van der Waals surface area contributed by atoms with Crippen molar-refractivity contribution in [3.8, 4) is 11.8 Å². The van der Waals surface area contributed by atoms with Gasteiger partial charge in [-0.1, -0.05) is 44.2 Å². The highest BCUT2D eigenvalue weighted by molar-refractivity contribution is 6.01. The van der Waals surface area contributed by atoms with Gasteiger partial charge in [-0.25, -0.2) is 0 Å². The van der Waals surface area contributed by atoms with Crippen LogP contribution >= 0.6 is 0 Å². The Hall–Kier alpha value is -3.06. The zero-order valence-corrected chi connectivity index (χ0v) is 15.7. The van der Waals surface area contributed by atoms with Crippen LogP contribution in [0.1, 0.15) is 42.0 Å². The van der Waals surface area contributed by atoms with Gasteiger partial charge in [0, 0.05) is 6.54 Å². The Bertz CT molecular complexity index is 846. The van der Waals surface area contributed by atoms with Crippen molar-refractivity contribution in [2.75, 3.05) is 7.11 Å². The van der Waals surface area contributed by atoms with Crippen molar-refractivity contribution in [3.63, 3.8) is 0 Å². The van der Waals surface area contributed by atoms with Crippen molar-refractivity contribution in [2.45, 2.75) is 33.2 Å². The van der Waals surface area contributed by atoms with Crippen LogP contribution in [0, 0.1) is 18.3 Å². The highest BCUT2D eigenvalue weighted by Crippen LogP contribution is 2.30. The number of carbonyl (C=O) groups is 1. The fraction of sp³-hybridized carbons (Fsp3) is 0.273. The third-order valence-electron chi connectivity index (χ3n) is 4.20. The highest BCUT2D eigenvalue weighted by Gasteiger charge is 2.13. The molecule has 0 aromatic heterocycles. The van der Waals surface area contributed by atoms with Crippen LogP contribution in [0.3, 0.4) is 0 Å². The predicted molar refractivity (Wildman–Crippen MR) is 104 cm³/mol. The number of amides is 1. The molecule has 0 heterocycles. The molecule has 26 heavy (non-hydrogen) atoms. The van der Waals surface area contributed by atoms with Crippen LogP contribution in [0.15, 0.2) is 48.0 Å². The average molecular weight is 348 g/mol. The van der Waals surface area contributed by atoms with Crippen LogP contribution in [-0.2, 0) is 11.3 Å². The van der Waals surface area contributed by atoms with Gasteiger partial charge >= 0.3 is 0 Å². The Kier molecular flexibility index (Phi) is 6.57. The van der Waals surface area contributed by atoms with Gasteiger partial charge < -0.3 is 10.1 Å². The van der Waals surface area contributed by atoms with E-state index in [9.17, 15) is 10.1 Å². The van der Waals surface area contributed by atoms with Crippen molar-refractivity contribution in [2.24, 2.45) is 0 Å². The highest BCUT2D eigenvalue weighted by atomic mass is 16.5. The second-order valence-electron chi connectivity index (χ2n) is 6.44. The van der Waals surface area contributed by atoms with Gasteiger partial charge in [-0.05, 0) is 53.3 Å². The number of methoxy groups -OCH3 is 1. The van der Waals surface area contributed by atoms with Crippen molar-refractivity contribution in [3.05, 3.63) is 70.3 Å². The summed E-state index contributed by atoms with van der Waals surface area (Å²) < 4.78 is 5.44. The molecule has 0 atom stereocenters. The molecule has 4 nitrogen and oxygen atoms in total. The molecule has 0 aliphatic rings. The summed E-state index contributed by atoms with van der Waals surface area (Å²) in [4.78, 5) is 12.4. The maximum Gasteiger partial charge on any atom is 0.262 e. The first-order valence-electron chi connectivity index (χ1n) is 8.58. The maximum absolute atomic E-state index is 12.4. The van der Waals surface area contributed by atoms with E-state index < -0.39 is 0 Å². The maximum atomic E-state index is 12.4. The number of rotatable bonds is 6. The third kappa shape index (κ3) is 4.73. The minimum Gasteiger partial charge on any atom is -0.496 e. The molecule has 2 aromatic rings. The van der Waals surface area contributed by atoms with Gasteiger partial charge in [0.05, 0.1) is 7.11 Å². The quantitative estimate of drug-likeness (QED) is 0.623. The molecule has 0 aliphatic heterocycles. The molecule has 1 N–H and O–H groups in total. The Morgan fingerprint density at radius 3 is 2.54 bits per heavy atom. The molecule has 0 saturated heterocycles. The Morgan fingerprint density at radius 1 is 1.27 bits per heavy atom. The van der Waals surface area contributed by atoms with E-state index >= 15 is 0 Å². The lowest BCUT2D eigenvalue weighted by molar-refractivity contribution is -0.117. The van der Waals surface area contributed by atoms with E-state index in [2.05, 4.69) is 19.2 Å². The molecule has 2 rings (SSSR count). The largest absolute Gasteiger partial charge is 0.496 e. The van der Waals surface area contributed by atoms with E-state index in [1.807, 2.05) is 55.5 Å². The van der Waals surface area contributed by atoms with E-state index in [0.29, 0.717) is 6.54 Å². The standard InChI is InChI=1S/C22H24N2O2/c1-15(2)20-12-18(16(3)10-21(20)26-4)11-19(13-23)22(25)24-14-17-8-6-5-7-9-17/h5-12,15H,14H2,1-4H3,(H,24,25)/b19-11-. The van der Waals surface area contributed by atoms with E-state index in [4.69, 9.17) is 4.74 Å². The average Bonchev–Trinajstić information content (AvgIpc) is 2.65. The SMILES string of the molecule is COc1cc(C)c(/C=C(/C#N)C(=O)NCc2ccccc2)cc1C(C)C. The molecular formula is C22H24N2O2. The summed E-state index contributed by atoms with van der Waals surface area (Å²) >= 11 is 0. The molecular weight excluding hydrogens is 324 g/mol. The lowest BCUT2D eigenvalue weighted by Gasteiger charge is -2.15. The van der Waals surface area contributed by atoms with Crippen LogP contribution in [0.4, 0.5) is 0 Å². The number of aryl methyl sites for hydroxylation is 1. The van der Waals surface area contributed by atoms with Crippen molar-refractivity contribution < 1.29 is 9.53 Å². The first-order chi connectivity index (χ1) is 12.5. The number of benzene rings is 2. The van der Waals surface area contributed by atoms with Crippen LogP contribution in [-0.4, -0.2) is 13.0 Å². The van der Waals surface area contributed by atoms with E-state index in [1.54, 1.807) is 13.2 Å². The van der Waals surface area contributed by atoms with Crippen molar-refractivity contribution in [1.29, 1.82) is 5.26 Å². The summed E-state index contributed by atoms with van der Waals surface area (Å²) in [5.74, 6) is 0.717. The summed E-state index contributed by atoms with van der Waals surface area (Å²) in [7, 11) is 1.65. The Morgan fingerprint density at radius 2 is 1.96 bits per heavy atom. The molecule has 0 radical (unpaired) electrons. The molecule has 0 bridgehead atoms. The number of hydrogen-bond donors (Lipinski definition) is 1. The van der Waals surface area contributed by atoms with Gasteiger partial charge in [0.25, 0.3) is 5.91 Å². The second kappa shape index (κ2) is 8.87. The van der Waals surface area contributed by atoms with Crippen LogP contribution in [0.25, 0.3) is 6.08 Å².